The molecule has 164 valence electrons. The van der Waals surface area contributed by atoms with Gasteiger partial charge in [0.05, 0.1) is 12.5 Å². The highest BCUT2D eigenvalue weighted by atomic mass is 16.7. The van der Waals surface area contributed by atoms with E-state index < -0.39 is 28.8 Å². The minimum atomic E-state index is -1.16. The van der Waals surface area contributed by atoms with Gasteiger partial charge in [-0.1, -0.05) is 29.8 Å². The van der Waals surface area contributed by atoms with Crippen LogP contribution >= 0.6 is 0 Å². The summed E-state index contributed by atoms with van der Waals surface area (Å²) in [6, 6.07) is 8.35. The van der Waals surface area contributed by atoms with Gasteiger partial charge in [0.1, 0.15) is 17.2 Å². The van der Waals surface area contributed by atoms with Gasteiger partial charge in [-0.2, -0.15) is 0 Å². The maximum atomic E-state index is 14.0. The van der Waals surface area contributed by atoms with Crippen molar-refractivity contribution in [3.63, 3.8) is 0 Å². The Morgan fingerprint density at radius 1 is 1.29 bits per heavy atom. The summed E-state index contributed by atoms with van der Waals surface area (Å²) >= 11 is 0. The van der Waals surface area contributed by atoms with E-state index in [9.17, 15) is 9.59 Å². The van der Waals surface area contributed by atoms with E-state index in [1.54, 1.807) is 0 Å². The number of rotatable bonds is 2. The lowest BCUT2D eigenvalue weighted by atomic mass is 9.43. The van der Waals surface area contributed by atoms with E-state index in [2.05, 4.69) is 35.1 Å². The number of hydrogen-bond donors (Lipinski definition) is 0. The fraction of sp³-hybridized carbons (Fsp3) is 0.583. The van der Waals surface area contributed by atoms with Crippen molar-refractivity contribution in [3.8, 4) is 0 Å². The van der Waals surface area contributed by atoms with Gasteiger partial charge in [-0.25, -0.2) is 0 Å². The molecule has 0 radical (unpaired) electrons. The van der Waals surface area contributed by atoms with E-state index in [4.69, 9.17) is 14.2 Å². The molecule has 1 unspecified atom stereocenters. The Morgan fingerprint density at radius 2 is 2.06 bits per heavy atom. The molecule has 6 bridgehead atoms. The number of ether oxygens (including phenoxy) is 3. The monoisotopic (exact) mass is 424 g/mol. The molecule has 0 N–H and O–H groups in total. The number of hydrogen-bond acceptors (Lipinski definition) is 7. The van der Waals surface area contributed by atoms with Crippen LogP contribution in [0.5, 0.6) is 0 Å². The van der Waals surface area contributed by atoms with E-state index in [1.165, 1.54) is 19.6 Å². The average Bonchev–Trinajstić information content (AvgIpc) is 3.17. The molecule has 6 aliphatic heterocycles. The predicted molar refractivity (Wildman–Crippen MR) is 112 cm³/mol. The minimum absolute atomic E-state index is 0.119. The van der Waals surface area contributed by atoms with Crippen LogP contribution in [0.15, 0.2) is 35.9 Å². The zero-order valence-corrected chi connectivity index (χ0v) is 18.4. The van der Waals surface area contributed by atoms with Crippen molar-refractivity contribution in [2.75, 3.05) is 32.1 Å². The Hall–Kier alpha value is -2.38. The van der Waals surface area contributed by atoms with Crippen LogP contribution in [0.25, 0.3) is 0 Å². The van der Waals surface area contributed by atoms with Crippen molar-refractivity contribution >= 4 is 17.6 Å². The smallest absolute Gasteiger partial charge is 0.319 e. The number of methoxy groups -OCH3 is 1. The Morgan fingerprint density at radius 3 is 2.77 bits per heavy atom. The number of carbonyl (C=O) groups is 2. The number of esters is 2. The largest absolute Gasteiger partial charge is 0.468 e. The highest BCUT2D eigenvalue weighted by Crippen LogP contribution is 2.78. The molecule has 31 heavy (non-hydrogen) atoms. The number of allylic oxidation sites excluding steroid dienone is 1. The third kappa shape index (κ3) is 1.72. The van der Waals surface area contributed by atoms with Crippen molar-refractivity contribution in [2.45, 2.75) is 50.2 Å². The Bertz CT molecular complexity index is 1040. The van der Waals surface area contributed by atoms with Crippen LogP contribution in [0.4, 0.5) is 5.69 Å². The molecule has 1 aromatic rings. The molecule has 7 atom stereocenters. The molecule has 1 aromatic carbocycles. The molecule has 7 aliphatic rings. The molecule has 1 aliphatic carbocycles. The van der Waals surface area contributed by atoms with Gasteiger partial charge in [0.2, 0.25) is 6.29 Å². The molecular formula is C24H28N2O5. The van der Waals surface area contributed by atoms with Crippen molar-refractivity contribution in [1.29, 1.82) is 0 Å². The second-order valence-corrected chi connectivity index (χ2v) is 9.46. The van der Waals surface area contributed by atoms with Gasteiger partial charge in [0.15, 0.2) is 0 Å². The Kier molecular flexibility index (Phi) is 3.67. The van der Waals surface area contributed by atoms with E-state index >= 15 is 0 Å². The molecule has 0 amide bonds. The summed E-state index contributed by atoms with van der Waals surface area (Å²) in [5, 5.41) is 0. The molecule has 6 fully saturated rings. The van der Waals surface area contributed by atoms with Crippen LogP contribution in [-0.2, 0) is 29.2 Å². The van der Waals surface area contributed by atoms with Crippen LogP contribution in [0.2, 0.25) is 0 Å². The van der Waals surface area contributed by atoms with Crippen LogP contribution in [-0.4, -0.2) is 62.1 Å². The zero-order valence-electron chi connectivity index (χ0n) is 18.4. The number of anilines is 1. The number of benzene rings is 1. The van der Waals surface area contributed by atoms with Gasteiger partial charge in [0, 0.05) is 38.7 Å². The molecular weight excluding hydrogens is 396 g/mol. The molecule has 1 saturated carbocycles. The quantitative estimate of drug-likeness (QED) is 0.533. The van der Waals surface area contributed by atoms with Crippen LogP contribution in [0.1, 0.15) is 32.3 Å². The number of carbonyl (C=O) groups excluding carboxylic acids is 2. The number of fused-ring (bicyclic) bond motifs is 3. The first-order valence-electron chi connectivity index (χ1n) is 11.1. The van der Waals surface area contributed by atoms with Crippen molar-refractivity contribution < 1.29 is 23.8 Å². The average molecular weight is 424 g/mol. The normalized spacial score (nSPS) is 44.8. The maximum absolute atomic E-state index is 14.0. The number of nitrogens with zero attached hydrogens (tertiary/aromatic N) is 2. The fourth-order valence-electron chi connectivity index (χ4n) is 8.25. The topological polar surface area (TPSA) is 68.3 Å². The summed E-state index contributed by atoms with van der Waals surface area (Å²) in [4.78, 5) is 31.1. The second kappa shape index (κ2) is 5.90. The minimum Gasteiger partial charge on any atom is -0.468 e. The fourth-order valence-corrected chi connectivity index (χ4v) is 8.25. The summed E-state index contributed by atoms with van der Waals surface area (Å²) in [6.07, 6.45) is 2.43. The van der Waals surface area contributed by atoms with Crippen molar-refractivity contribution in [1.82, 2.24) is 4.90 Å². The van der Waals surface area contributed by atoms with Crippen LogP contribution in [0.3, 0.4) is 0 Å². The SMILES string of the molecule is CC=C1CN2CC[C@@]34c5ccccc5N(C)[C@@]23[C@H]2C[C@@H]1[C@]4(C(=O)OC)[C@@H](OC(C)=O)O2. The lowest BCUT2D eigenvalue weighted by Crippen LogP contribution is -2.83. The lowest BCUT2D eigenvalue weighted by molar-refractivity contribution is -0.334. The zero-order chi connectivity index (χ0) is 21.8. The third-order valence-electron chi connectivity index (χ3n) is 8.91. The molecule has 7 heteroatoms. The van der Waals surface area contributed by atoms with Gasteiger partial charge in [-0.05, 0) is 31.4 Å². The molecule has 1 spiro atoms. The van der Waals surface area contributed by atoms with Gasteiger partial charge >= 0.3 is 11.9 Å². The van der Waals surface area contributed by atoms with E-state index in [-0.39, 0.29) is 18.0 Å². The molecule has 7 nitrogen and oxygen atoms in total. The van der Waals surface area contributed by atoms with Gasteiger partial charge < -0.3 is 19.1 Å². The highest BCUT2D eigenvalue weighted by molar-refractivity contribution is 5.87. The maximum Gasteiger partial charge on any atom is 0.319 e. The standard InChI is InChI=1S/C24H28N2O5/c1-5-15-13-26-11-10-22-16-8-6-7-9-18(16)25(3)24(22,26)19-12-17(15)23(22,20(28)29-4)21(31-19)30-14(2)27/h5-9,17,19,21H,10-13H2,1-4H3/t17-,19+,21-,22-,23-,24-/m0/s1. The Balaban J connectivity index is 1.77. The third-order valence-corrected chi connectivity index (χ3v) is 8.91. The first-order valence-corrected chi connectivity index (χ1v) is 11.1. The Labute approximate surface area is 181 Å². The molecule has 8 rings (SSSR count). The summed E-state index contributed by atoms with van der Waals surface area (Å²) in [7, 11) is 3.55. The second-order valence-electron chi connectivity index (χ2n) is 9.46. The van der Waals surface area contributed by atoms with Gasteiger partial charge in [0.25, 0.3) is 0 Å². The van der Waals surface area contributed by atoms with Crippen LogP contribution < -0.4 is 4.90 Å². The highest BCUT2D eigenvalue weighted by Gasteiger charge is 2.90. The van der Waals surface area contributed by atoms with E-state index in [0.717, 1.165) is 30.8 Å². The number of likely N-dealkylation sites (N-methyl/N-ethyl adjacent to an activating group) is 1. The number of para-hydroxylation sites is 1. The first-order chi connectivity index (χ1) is 14.9. The van der Waals surface area contributed by atoms with Crippen LogP contribution in [0, 0.1) is 11.3 Å². The lowest BCUT2D eigenvalue weighted by Gasteiger charge is -2.67. The van der Waals surface area contributed by atoms with Crippen molar-refractivity contribution in [2.24, 2.45) is 11.3 Å². The summed E-state index contributed by atoms with van der Waals surface area (Å²) in [6.45, 7) is 5.02. The van der Waals surface area contributed by atoms with Gasteiger partial charge in [-0.15, -0.1) is 0 Å². The molecule has 6 heterocycles. The van der Waals surface area contributed by atoms with E-state index in [1.807, 2.05) is 19.1 Å². The summed E-state index contributed by atoms with van der Waals surface area (Å²) in [5.74, 6) is -0.914. The van der Waals surface area contributed by atoms with E-state index in [0.29, 0.717) is 6.42 Å². The summed E-state index contributed by atoms with van der Waals surface area (Å²) < 4.78 is 17.9. The van der Waals surface area contributed by atoms with Gasteiger partial charge in [-0.3, -0.25) is 14.5 Å². The summed E-state index contributed by atoms with van der Waals surface area (Å²) in [5.41, 5.74) is 1.17. The van der Waals surface area contributed by atoms with Crippen molar-refractivity contribution in [3.05, 3.63) is 41.5 Å². The molecule has 5 saturated heterocycles. The molecule has 0 aromatic heterocycles. The predicted octanol–water partition coefficient (Wildman–Crippen LogP) is 2.20. The first kappa shape index (κ1) is 19.3.